The second kappa shape index (κ2) is 10.3. The van der Waals surface area contributed by atoms with E-state index < -0.39 is 6.09 Å². The highest BCUT2D eigenvalue weighted by Crippen LogP contribution is 2.36. The van der Waals surface area contributed by atoms with Crippen LogP contribution in [0.4, 0.5) is 16.2 Å². The first-order valence-electron chi connectivity index (χ1n) is 11.2. The molecule has 0 fully saturated rings. The van der Waals surface area contributed by atoms with Crippen molar-refractivity contribution in [2.24, 2.45) is 0 Å². The van der Waals surface area contributed by atoms with E-state index in [1.54, 1.807) is 14.2 Å². The Labute approximate surface area is 199 Å². The van der Waals surface area contributed by atoms with Gasteiger partial charge in [0.1, 0.15) is 11.5 Å². The summed E-state index contributed by atoms with van der Waals surface area (Å²) in [6.07, 6.45) is 0.215. The number of nitrogens with one attached hydrogen (secondary N) is 2. The standard InChI is InChI=1S/C27H29N3O4/c1-17(2)28-27(31)34-13-12-18-6-5-7-19(14-18)29-26-22-10-8-21(33-4)16-25(22)30-24-11-9-20(32-3)15-23(24)26/h5-11,14-17H,12-13H2,1-4H3,(H,28,31)(H,29,30). The van der Waals surface area contributed by atoms with Crippen molar-refractivity contribution in [2.45, 2.75) is 26.3 Å². The van der Waals surface area contributed by atoms with Crippen molar-refractivity contribution in [3.05, 3.63) is 66.2 Å². The summed E-state index contributed by atoms with van der Waals surface area (Å²) < 4.78 is 16.1. The van der Waals surface area contributed by atoms with Crippen molar-refractivity contribution in [1.82, 2.24) is 10.3 Å². The Morgan fingerprint density at radius 1 is 0.912 bits per heavy atom. The zero-order valence-corrected chi connectivity index (χ0v) is 19.8. The number of rotatable bonds is 8. The number of pyridine rings is 1. The van der Waals surface area contributed by atoms with Gasteiger partial charge in [-0.15, -0.1) is 0 Å². The monoisotopic (exact) mass is 459 g/mol. The zero-order valence-electron chi connectivity index (χ0n) is 19.8. The molecule has 0 aliphatic rings. The fourth-order valence-corrected chi connectivity index (χ4v) is 3.78. The molecule has 0 radical (unpaired) electrons. The van der Waals surface area contributed by atoms with Crippen molar-refractivity contribution in [2.75, 3.05) is 26.1 Å². The number of anilines is 2. The first-order chi connectivity index (χ1) is 16.5. The fourth-order valence-electron chi connectivity index (χ4n) is 3.78. The topological polar surface area (TPSA) is 81.7 Å². The molecule has 1 amide bonds. The van der Waals surface area contributed by atoms with Crippen LogP contribution < -0.4 is 20.1 Å². The van der Waals surface area contributed by atoms with Crippen LogP contribution in [0.5, 0.6) is 11.5 Å². The average Bonchev–Trinajstić information content (AvgIpc) is 2.83. The van der Waals surface area contributed by atoms with Crippen LogP contribution in [0.3, 0.4) is 0 Å². The van der Waals surface area contributed by atoms with E-state index in [0.29, 0.717) is 13.0 Å². The zero-order chi connectivity index (χ0) is 24.1. The number of hydrogen-bond acceptors (Lipinski definition) is 6. The maximum atomic E-state index is 11.7. The number of hydrogen-bond donors (Lipinski definition) is 2. The second-order valence-electron chi connectivity index (χ2n) is 8.26. The average molecular weight is 460 g/mol. The Balaban J connectivity index is 1.65. The number of fused-ring (bicyclic) bond motifs is 2. The number of aromatic nitrogens is 1. The van der Waals surface area contributed by atoms with E-state index in [1.807, 2.05) is 68.4 Å². The van der Waals surface area contributed by atoms with Gasteiger partial charge < -0.3 is 24.8 Å². The number of methoxy groups -OCH3 is 2. The van der Waals surface area contributed by atoms with Gasteiger partial charge >= 0.3 is 6.09 Å². The summed E-state index contributed by atoms with van der Waals surface area (Å²) in [7, 11) is 3.30. The molecule has 0 aliphatic heterocycles. The highest BCUT2D eigenvalue weighted by molar-refractivity contribution is 6.09. The summed E-state index contributed by atoms with van der Waals surface area (Å²) in [5, 5.41) is 8.24. The lowest BCUT2D eigenvalue weighted by Gasteiger charge is -2.15. The number of nitrogens with zero attached hydrogens (tertiary/aromatic N) is 1. The number of carbonyl (C=O) groups excluding carboxylic acids is 1. The molecule has 34 heavy (non-hydrogen) atoms. The molecule has 1 aromatic heterocycles. The quantitative estimate of drug-likeness (QED) is 0.323. The van der Waals surface area contributed by atoms with E-state index in [9.17, 15) is 4.79 Å². The van der Waals surface area contributed by atoms with Crippen molar-refractivity contribution in [1.29, 1.82) is 0 Å². The van der Waals surface area contributed by atoms with Crippen LogP contribution in [0, 0.1) is 0 Å². The molecule has 4 rings (SSSR count). The van der Waals surface area contributed by atoms with Crippen LogP contribution in [0.25, 0.3) is 21.8 Å². The molecule has 0 aliphatic carbocycles. The van der Waals surface area contributed by atoms with Crippen molar-refractivity contribution in [3.63, 3.8) is 0 Å². The highest BCUT2D eigenvalue weighted by atomic mass is 16.5. The summed E-state index contributed by atoms with van der Waals surface area (Å²) in [5.74, 6) is 1.51. The number of ether oxygens (including phenoxy) is 3. The maximum absolute atomic E-state index is 11.7. The van der Waals surface area contributed by atoms with Crippen LogP contribution in [-0.4, -0.2) is 37.9 Å². The summed E-state index contributed by atoms with van der Waals surface area (Å²) in [5.41, 5.74) is 4.61. The van der Waals surface area contributed by atoms with Crippen molar-refractivity contribution >= 4 is 39.3 Å². The minimum Gasteiger partial charge on any atom is -0.497 e. The van der Waals surface area contributed by atoms with E-state index in [4.69, 9.17) is 19.2 Å². The lowest BCUT2D eigenvalue weighted by molar-refractivity contribution is 0.145. The summed E-state index contributed by atoms with van der Waals surface area (Å²) in [4.78, 5) is 16.6. The lowest BCUT2D eigenvalue weighted by Crippen LogP contribution is -2.31. The maximum Gasteiger partial charge on any atom is 0.407 e. The SMILES string of the molecule is COc1ccc2c(Nc3cccc(CCOC(=O)NC(C)C)c3)c3cc(OC)ccc3nc2c1. The molecular weight excluding hydrogens is 430 g/mol. The molecule has 1 heterocycles. The smallest absolute Gasteiger partial charge is 0.407 e. The van der Waals surface area contributed by atoms with Crippen LogP contribution in [0.2, 0.25) is 0 Å². The normalized spacial score (nSPS) is 11.0. The molecule has 2 N–H and O–H groups in total. The van der Waals surface area contributed by atoms with Gasteiger partial charge in [0.25, 0.3) is 0 Å². The second-order valence-corrected chi connectivity index (χ2v) is 8.26. The Kier molecular flexibility index (Phi) is 7.01. The van der Waals surface area contributed by atoms with Crippen LogP contribution in [0.1, 0.15) is 19.4 Å². The molecule has 7 nitrogen and oxygen atoms in total. The summed E-state index contributed by atoms with van der Waals surface area (Å²) in [6.45, 7) is 4.10. The van der Waals surface area contributed by atoms with Gasteiger partial charge in [-0.05, 0) is 61.9 Å². The molecule has 0 saturated carbocycles. The molecule has 4 aromatic rings. The van der Waals surface area contributed by atoms with E-state index in [-0.39, 0.29) is 6.04 Å². The van der Waals surface area contributed by atoms with Gasteiger partial charge in [0, 0.05) is 35.0 Å². The molecule has 176 valence electrons. The van der Waals surface area contributed by atoms with Crippen molar-refractivity contribution < 1.29 is 19.0 Å². The molecule has 0 atom stereocenters. The first-order valence-corrected chi connectivity index (χ1v) is 11.2. The predicted octanol–water partition coefficient (Wildman–Crippen LogP) is 5.83. The Bertz CT molecular complexity index is 1320. The van der Waals surface area contributed by atoms with Gasteiger partial charge in [-0.25, -0.2) is 9.78 Å². The van der Waals surface area contributed by atoms with Crippen LogP contribution in [0.15, 0.2) is 60.7 Å². The Morgan fingerprint density at radius 3 is 2.44 bits per heavy atom. The Hall–Kier alpha value is -4.00. The molecule has 3 aromatic carbocycles. The Morgan fingerprint density at radius 2 is 1.68 bits per heavy atom. The number of alkyl carbamates (subject to hydrolysis) is 1. The van der Waals surface area contributed by atoms with Crippen molar-refractivity contribution in [3.8, 4) is 11.5 Å². The first kappa shape index (κ1) is 23.2. The van der Waals surface area contributed by atoms with Gasteiger partial charge in [-0.2, -0.15) is 0 Å². The van der Waals surface area contributed by atoms with Gasteiger partial charge in [-0.1, -0.05) is 12.1 Å². The molecule has 0 spiro atoms. The predicted molar refractivity (Wildman–Crippen MR) is 135 cm³/mol. The number of benzene rings is 3. The van der Waals surface area contributed by atoms with E-state index in [1.165, 1.54) is 0 Å². The van der Waals surface area contributed by atoms with Gasteiger partial charge in [0.15, 0.2) is 0 Å². The third kappa shape index (κ3) is 5.31. The van der Waals surface area contributed by atoms with E-state index in [2.05, 4.69) is 16.7 Å². The molecular formula is C27H29N3O4. The van der Waals surface area contributed by atoms with Gasteiger partial charge in [0.05, 0.1) is 37.5 Å². The van der Waals surface area contributed by atoms with Gasteiger partial charge in [0.2, 0.25) is 0 Å². The highest BCUT2D eigenvalue weighted by Gasteiger charge is 2.12. The van der Waals surface area contributed by atoms with Crippen LogP contribution in [-0.2, 0) is 11.2 Å². The third-order valence-corrected chi connectivity index (χ3v) is 5.41. The number of amides is 1. The summed E-state index contributed by atoms with van der Waals surface area (Å²) >= 11 is 0. The lowest BCUT2D eigenvalue weighted by atomic mass is 10.1. The van der Waals surface area contributed by atoms with Gasteiger partial charge in [-0.3, -0.25) is 0 Å². The largest absolute Gasteiger partial charge is 0.497 e. The fraction of sp³-hybridized carbons (Fsp3) is 0.259. The van der Waals surface area contributed by atoms with E-state index >= 15 is 0 Å². The molecule has 0 unspecified atom stereocenters. The third-order valence-electron chi connectivity index (χ3n) is 5.41. The molecule has 0 bridgehead atoms. The number of carbonyl (C=O) groups is 1. The van der Waals surface area contributed by atoms with Crippen LogP contribution >= 0.6 is 0 Å². The minimum atomic E-state index is -0.400. The minimum absolute atomic E-state index is 0.0450. The van der Waals surface area contributed by atoms with E-state index in [0.717, 1.165) is 50.2 Å². The summed E-state index contributed by atoms with van der Waals surface area (Å²) in [6, 6.07) is 19.8. The molecule has 7 heteroatoms. The molecule has 0 saturated heterocycles.